The summed E-state index contributed by atoms with van der Waals surface area (Å²) in [5.74, 6) is -0.944. The van der Waals surface area contributed by atoms with E-state index < -0.39 is 23.9 Å². The zero-order valence-electron chi connectivity index (χ0n) is 16.8. The Balaban J connectivity index is 1.40. The molecule has 0 bridgehead atoms. The molecular formula is C23H26N2O3S2. The Morgan fingerprint density at radius 3 is 2.50 bits per heavy atom. The molecule has 5 atom stereocenters. The molecule has 0 spiro atoms. The number of benzene rings is 1. The number of carbonyl (C=O) groups is 3. The van der Waals surface area contributed by atoms with E-state index in [4.69, 9.17) is 24.4 Å². The van der Waals surface area contributed by atoms with Crippen molar-refractivity contribution in [3.05, 3.63) is 35.4 Å². The Labute approximate surface area is 187 Å². The van der Waals surface area contributed by atoms with Crippen molar-refractivity contribution in [2.75, 3.05) is 13.1 Å². The molecule has 4 rings (SSSR count). The van der Waals surface area contributed by atoms with Crippen LogP contribution in [0.1, 0.15) is 30.4 Å². The molecule has 2 saturated heterocycles. The monoisotopic (exact) mass is 442 g/mol. The summed E-state index contributed by atoms with van der Waals surface area (Å²) < 4.78 is 0. The number of fused-ring (bicyclic) bond motifs is 1. The third kappa shape index (κ3) is 4.21. The number of aryl methyl sites for hydroxylation is 1. The van der Waals surface area contributed by atoms with Crippen molar-refractivity contribution in [1.29, 1.82) is 0 Å². The predicted molar refractivity (Wildman–Crippen MR) is 123 cm³/mol. The lowest BCUT2D eigenvalue weighted by molar-refractivity contribution is -0.129. The molecule has 0 aromatic heterocycles. The van der Waals surface area contributed by atoms with E-state index in [1.54, 1.807) is 0 Å². The van der Waals surface area contributed by atoms with Gasteiger partial charge in [0.15, 0.2) is 5.78 Å². The zero-order valence-corrected chi connectivity index (χ0v) is 18.4. The Hall–Kier alpha value is -1.67. The lowest BCUT2D eigenvalue weighted by Crippen LogP contribution is -2.47. The Morgan fingerprint density at radius 1 is 1.03 bits per heavy atom. The van der Waals surface area contributed by atoms with E-state index in [0.29, 0.717) is 35.2 Å². The summed E-state index contributed by atoms with van der Waals surface area (Å²) in [5, 5.41) is 6.08. The molecule has 0 saturated carbocycles. The van der Waals surface area contributed by atoms with Crippen molar-refractivity contribution in [1.82, 2.24) is 10.6 Å². The molecule has 2 unspecified atom stereocenters. The van der Waals surface area contributed by atoms with Gasteiger partial charge in [0, 0.05) is 29.2 Å². The van der Waals surface area contributed by atoms with Crippen LogP contribution in [0, 0.1) is 17.8 Å². The summed E-state index contributed by atoms with van der Waals surface area (Å²) in [6, 6.07) is 7.22. The average Bonchev–Trinajstić information content (AvgIpc) is 3.33. The van der Waals surface area contributed by atoms with Gasteiger partial charge < -0.3 is 15.4 Å². The summed E-state index contributed by atoms with van der Waals surface area (Å²) in [7, 11) is 0. The van der Waals surface area contributed by atoms with E-state index in [-0.39, 0.29) is 11.6 Å². The summed E-state index contributed by atoms with van der Waals surface area (Å²) >= 11 is 10.8. The quantitative estimate of drug-likeness (QED) is 0.493. The molecule has 2 heterocycles. The fourth-order valence-corrected chi connectivity index (χ4v) is 5.78. The van der Waals surface area contributed by atoms with Gasteiger partial charge in [0.2, 0.25) is 0 Å². The maximum atomic E-state index is 13.2. The number of thiocarbonyl (C=S) groups is 2. The third-order valence-electron chi connectivity index (χ3n) is 6.75. The maximum absolute atomic E-state index is 13.2. The van der Waals surface area contributed by atoms with E-state index in [9.17, 15) is 14.4 Å². The Morgan fingerprint density at radius 2 is 1.73 bits per heavy atom. The number of hydrogen-bond donors (Lipinski definition) is 2. The van der Waals surface area contributed by atoms with Gasteiger partial charge >= 0.3 is 0 Å². The molecule has 158 valence electrons. The Kier molecular flexibility index (Phi) is 6.63. The van der Waals surface area contributed by atoms with Crippen molar-refractivity contribution in [3.63, 3.8) is 0 Å². The average molecular weight is 443 g/mol. The first kappa shape index (κ1) is 21.6. The SMILES string of the molecule is O=C[C@H]1NCC(=S)C1C(=O)[C@H]1NCC(=S)C1C(=O)CC[C@H]1CCc2ccccc2C1. The summed E-state index contributed by atoms with van der Waals surface area (Å²) in [4.78, 5) is 38.7. The van der Waals surface area contributed by atoms with Crippen molar-refractivity contribution in [2.24, 2.45) is 17.8 Å². The van der Waals surface area contributed by atoms with E-state index >= 15 is 0 Å². The van der Waals surface area contributed by atoms with Gasteiger partial charge in [-0.3, -0.25) is 9.59 Å². The van der Waals surface area contributed by atoms with Gasteiger partial charge in [-0.05, 0) is 42.7 Å². The second kappa shape index (κ2) is 9.22. The standard InChI is InChI=1S/C23H26N2O3S2/c26-12-16-20(18(29)10-24-16)23(28)22-21(19(30)11-25-22)17(27)8-6-13-5-7-14-3-1-2-4-15(14)9-13/h1-4,12-13,16,20-22,24-25H,5-11H2/t13-,16-,20?,21?,22+/m1/s1. The highest BCUT2D eigenvalue weighted by Crippen LogP contribution is 2.30. The first-order valence-electron chi connectivity index (χ1n) is 10.6. The van der Waals surface area contributed by atoms with Crippen molar-refractivity contribution in [2.45, 2.75) is 44.2 Å². The van der Waals surface area contributed by atoms with Crippen LogP contribution in [0.4, 0.5) is 0 Å². The van der Waals surface area contributed by atoms with Gasteiger partial charge in [-0.2, -0.15) is 0 Å². The number of ketones is 2. The van der Waals surface area contributed by atoms with Crippen molar-refractivity contribution in [3.8, 4) is 0 Å². The molecule has 2 aliphatic heterocycles. The van der Waals surface area contributed by atoms with E-state index in [2.05, 4.69) is 34.9 Å². The highest BCUT2D eigenvalue weighted by atomic mass is 32.1. The van der Waals surface area contributed by atoms with Crippen LogP contribution in [0.15, 0.2) is 24.3 Å². The van der Waals surface area contributed by atoms with Crippen molar-refractivity contribution < 1.29 is 14.4 Å². The topological polar surface area (TPSA) is 75.3 Å². The number of aldehydes is 1. The largest absolute Gasteiger partial charge is 0.302 e. The van der Waals surface area contributed by atoms with Crippen LogP contribution in [0.5, 0.6) is 0 Å². The summed E-state index contributed by atoms with van der Waals surface area (Å²) in [6.45, 7) is 0.742. The smallest absolute Gasteiger partial charge is 0.160 e. The van der Waals surface area contributed by atoms with Gasteiger partial charge in [0.1, 0.15) is 12.1 Å². The second-order valence-electron chi connectivity index (χ2n) is 8.57. The molecule has 2 N–H and O–H groups in total. The molecule has 30 heavy (non-hydrogen) atoms. The first-order chi connectivity index (χ1) is 14.5. The van der Waals surface area contributed by atoms with E-state index in [1.807, 2.05) is 0 Å². The summed E-state index contributed by atoms with van der Waals surface area (Å²) in [5.41, 5.74) is 2.80. The highest BCUT2D eigenvalue weighted by molar-refractivity contribution is 7.80. The van der Waals surface area contributed by atoms with Crippen LogP contribution in [0.25, 0.3) is 0 Å². The molecule has 1 aromatic carbocycles. The zero-order chi connectivity index (χ0) is 21.3. The third-order valence-corrected chi connectivity index (χ3v) is 7.55. The normalized spacial score (nSPS) is 30.9. The minimum absolute atomic E-state index is 0.0294. The number of carbonyl (C=O) groups excluding carboxylic acids is 3. The molecule has 1 aliphatic carbocycles. The molecule has 7 heteroatoms. The minimum atomic E-state index is -0.678. The molecular weight excluding hydrogens is 416 g/mol. The number of rotatable bonds is 7. The van der Waals surface area contributed by atoms with Crippen LogP contribution in [0.3, 0.4) is 0 Å². The van der Waals surface area contributed by atoms with Crippen molar-refractivity contribution >= 4 is 52.0 Å². The molecule has 5 nitrogen and oxygen atoms in total. The fourth-order valence-electron chi connectivity index (χ4n) is 5.08. The maximum Gasteiger partial charge on any atom is 0.160 e. The van der Waals surface area contributed by atoms with Crippen LogP contribution < -0.4 is 10.6 Å². The lowest BCUT2D eigenvalue weighted by Gasteiger charge is -2.26. The number of hydrogen-bond acceptors (Lipinski definition) is 7. The van der Waals surface area contributed by atoms with Gasteiger partial charge in [0.05, 0.1) is 23.9 Å². The fraction of sp³-hybridized carbons (Fsp3) is 0.522. The minimum Gasteiger partial charge on any atom is -0.302 e. The first-order valence-corrected chi connectivity index (χ1v) is 11.4. The van der Waals surface area contributed by atoms with Crippen LogP contribution in [-0.4, -0.2) is 52.8 Å². The van der Waals surface area contributed by atoms with Gasteiger partial charge in [-0.15, -0.1) is 0 Å². The summed E-state index contributed by atoms with van der Waals surface area (Å²) in [6.07, 6.45) is 5.11. The number of Topliss-reactive ketones (excluding diaryl/α,β-unsaturated/α-hetero) is 2. The van der Waals surface area contributed by atoms with Gasteiger partial charge in [-0.1, -0.05) is 48.7 Å². The van der Waals surface area contributed by atoms with E-state index in [1.165, 1.54) is 11.1 Å². The van der Waals surface area contributed by atoms with Crippen LogP contribution in [-0.2, 0) is 27.2 Å². The van der Waals surface area contributed by atoms with Crippen LogP contribution in [0.2, 0.25) is 0 Å². The molecule has 2 fully saturated rings. The van der Waals surface area contributed by atoms with Gasteiger partial charge in [0.25, 0.3) is 0 Å². The second-order valence-corrected chi connectivity index (χ2v) is 9.62. The highest BCUT2D eigenvalue weighted by Gasteiger charge is 2.47. The lowest BCUT2D eigenvalue weighted by atomic mass is 9.79. The number of nitrogens with one attached hydrogen (secondary N) is 2. The predicted octanol–water partition coefficient (Wildman–Crippen LogP) is 1.82. The van der Waals surface area contributed by atoms with E-state index in [0.717, 1.165) is 32.0 Å². The molecule has 0 amide bonds. The molecule has 1 aromatic rings. The Bertz CT molecular complexity index is 900. The molecule has 0 radical (unpaired) electrons. The molecule has 3 aliphatic rings. The van der Waals surface area contributed by atoms with Crippen LogP contribution >= 0.6 is 24.4 Å². The van der Waals surface area contributed by atoms with Gasteiger partial charge in [-0.25, -0.2) is 0 Å².